The highest BCUT2D eigenvalue weighted by Crippen LogP contribution is 2.14. The maximum absolute atomic E-state index is 11.6. The number of carbonyl (C=O) groups excluding carboxylic acids is 1. The van der Waals surface area contributed by atoms with Gasteiger partial charge in [-0.1, -0.05) is 0 Å². The van der Waals surface area contributed by atoms with Crippen LogP contribution >= 0.6 is 0 Å². The molecule has 16 heavy (non-hydrogen) atoms. The van der Waals surface area contributed by atoms with E-state index in [0.29, 0.717) is 0 Å². The highest BCUT2D eigenvalue weighted by atomic mass is 16.6. The van der Waals surface area contributed by atoms with Gasteiger partial charge in [-0.05, 0) is 20.8 Å². The van der Waals surface area contributed by atoms with Crippen LogP contribution in [0.15, 0.2) is 0 Å². The number of aliphatic carboxylic acids is 1. The van der Waals surface area contributed by atoms with Gasteiger partial charge in [0.05, 0.1) is 0 Å². The van der Waals surface area contributed by atoms with Gasteiger partial charge in [0.15, 0.2) is 5.92 Å². The summed E-state index contributed by atoms with van der Waals surface area (Å²) in [7, 11) is 0. The molecular weight excluding hydrogens is 210 g/mol. The van der Waals surface area contributed by atoms with Gasteiger partial charge in [0, 0.05) is 12.5 Å². The number of rotatable bonds is 4. The zero-order valence-electron chi connectivity index (χ0n) is 9.69. The molecule has 0 bridgehead atoms. The Kier molecular flexibility index (Phi) is 4.99. The second-order valence-electron chi connectivity index (χ2n) is 4.42. The lowest BCUT2D eigenvalue weighted by molar-refractivity contribution is -0.167. The van der Waals surface area contributed by atoms with E-state index >= 15 is 0 Å². The highest BCUT2D eigenvalue weighted by Gasteiger charge is 2.35. The first-order chi connectivity index (χ1) is 7.19. The molecule has 0 aliphatic rings. The molecule has 3 N–H and O–H groups in total. The van der Waals surface area contributed by atoms with Crippen molar-refractivity contribution in [3.05, 3.63) is 0 Å². The number of terminal acetylenes is 1. The first kappa shape index (κ1) is 14.5. The average Bonchev–Trinajstić information content (AvgIpc) is 1.99. The van der Waals surface area contributed by atoms with Gasteiger partial charge in [-0.3, -0.25) is 9.59 Å². The number of hydrogen-bond donors (Lipinski definition) is 2. The monoisotopic (exact) mass is 227 g/mol. The van der Waals surface area contributed by atoms with Gasteiger partial charge >= 0.3 is 11.9 Å². The van der Waals surface area contributed by atoms with Crippen molar-refractivity contribution in [2.45, 2.75) is 38.8 Å². The lowest BCUT2D eigenvalue weighted by atomic mass is 9.98. The van der Waals surface area contributed by atoms with E-state index in [1.54, 1.807) is 20.8 Å². The minimum atomic E-state index is -1.42. The van der Waals surface area contributed by atoms with Gasteiger partial charge in [0.2, 0.25) is 0 Å². The van der Waals surface area contributed by atoms with Crippen LogP contribution in [0.3, 0.4) is 0 Å². The molecule has 0 saturated carbocycles. The zero-order valence-corrected chi connectivity index (χ0v) is 9.69. The van der Waals surface area contributed by atoms with Gasteiger partial charge in [0.1, 0.15) is 5.60 Å². The largest absolute Gasteiger partial charge is 0.481 e. The van der Waals surface area contributed by atoms with Gasteiger partial charge in [0.25, 0.3) is 0 Å². The zero-order chi connectivity index (χ0) is 12.9. The van der Waals surface area contributed by atoms with Crippen LogP contribution in [0.1, 0.15) is 27.2 Å². The van der Waals surface area contributed by atoms with Crippen LogP contribution in [0.25, 0.3) is 0 Å². The second-order valence-corrected chi connectivity index (χ2v) is 4.42. The standard InChI is InChI=1S/C11H17NO4/c1-5-6-7(12)8(9(13)14)10(15)16-11(2,3)4/h1,7-8H,6,12H2,2-4H3,(H,13,14)/t7?,8-/m0/s1. The van der Waals surface area contributed by atoms with Crippen LogP contribution in [0.4, 0.5) is 0 Å². The highest BCUT2D eigenvalue weighted by molar-refractivity contribution is 5.95. The molecule has 2 atom stereocenters. The van der Waals surface area contributed by atoms with Crippen molar-refractivity contribution in [3.8, 4) is 12.3 Å². The fourth-order valence-electron chi connectivity index (χ4n) is 1.08. The molecule has 0 aromatic rings. The first-order valence-corrected chi connectivity index (χ1v) is 4.83. The summed E-state index contributed by atoms with van der Waals surface area (Å²) < 4.78 is 4.96. The van der Waals surface area contributed by atoms with E-state index < -0.39 is 29.5 Å². The molecule has 0 radical (unpaired) electrons. The van der Waals surface area contributed by atoms with E-state index in [9.17, 15) is 9.59 Å². The van der Waals surface area contributed by atoms with Crippen LogP contribution in [-0.4, -0.2) is 28.7 Å². The van der Waals surface area contributed by atoms with Crippen molar-refractivity contribution in [2.75, 3.05) is 0 Å². The molecule has 0 rings (SSSR count). The number of esters is 1. The van der Waals surface area contributed by atoms with Crippen molar-refractivity contribution < 1.29 is 19.4 Å². The Labute approximate surface area is 95.0 Å². The van der Waals surface area contributed by atoms with E-state index in [-0.39, 0.29) is 6.42 Å². The lowest BCUT2D eigenvalue weighted by Gasteiger charge is -2.24. The van der Waals surface area contributed by atoms with E-state index in [4.69, 9.17) is 22.0 Å². The Morgan fingerprint density at radius 3 is 2.31 bits per heavy atom. The Morgan fingerprint density at radius 2 is 2.00 bits per heavy atom. The molecule has 0 spiro atoms. The van der Waals surface area contributed by atoms with Crippen molar-refractivity contribution in [1.82, 2.24) is 0 Å². The van der Waals surface area contributed by atoms with E-state index in [2.05, 4.69) is 5.92 Å². The number of ether oxygens (including phenoxy) is 1. The molecular formula is C11H17NO4. The second kappa shape index (κ2) is 5.52. The van der Waals surface area contributed by atoms with Gasteiger partial charge in [-0.15, -0.1) is 12.3 Å². The minimum Gasteiger partial charge on any atom is -0.481 e. The summed E-state index contributed by atoms with van der Waals surface area (Å²) in [6, 6.07) is -0.933. The fourth-order valence-corrected chi connectivity index (χ4v) is 1.08. The molecule has 90 valence electrons. The predicted octanol–water partition coefficient (Wildman–Crippen LogP) is 0.379. The molecule has 1 unspecified atom stereocenters. The van der Waals surface area contributed by atoms with Gasteiger partial charge < -0.3 is 15.6 Å². The molecule has 0 aliphatic heterocycles. The van der Waals surface area contributed by atoms with Crippen molar-refractivity contribution >= 4 is 11.9 Å². The predicted molar refractivity (Wildman–Crippen MR) is 58.4 cm³/mol. The molecule has 0 fully saturated rings. The summed E-state index contributed by atoms with van der Waals surface area (Å²) in [5, 5.41) is 8.89. The number of carboxylic acid groups (broad SMARTS) is 1. The Hall–Kier alpha value is -1.54. The van der Waals surface area contributed by atoms with Crippen molar-refractivity contribution in [1.29, 1.82) is 0 Å². The van der Waals surface area contributed by atoms with Crippen LogP contribution in [0.2, 0.25) is 0 Å². The molecule has 0 aliphatic carbocycles. The number of carboxylic acids is 1. The molecule has 0 heterocycles. The van der Waals surface area contributed by atoms with E-state index in [1.807, 2.05) is 0 Å². The SMILES string of the molecule is C#CCC(N)[C@@H](C(=O)O)C(=O)OC(C)(C)C. The van der Waals surface area contributed by atoms with E-state index in [1.165, 1.54) is 0 Å². The third-order valence-electron chi connectivity index (χ3n) is 1.71. The number of nitrogens with two attached hydrogens (primary N) is 1. The molecule has 0 aromatic carbocycles. The molecule has 5 nitrogen and oxygen atoms in total. The van der Waals surface area contributed by atoms with Crippen LogP contribution in [0.5, 0.6) is 0 Å². The normalized spacial score (nSPS) is 14.7. The summed E-state index contributed by atoms with van der Waals surface area (Å²) in [6.07, 6.45) is 5.03. The fraction of sp³-hybridized carbons (Fsp3) is 0.636. The third kappa shape index (κ3) is 4.80. The van der Waals surface area contributed by atoms with Crippen LogP contribution in [-0.2, 0) is 14.3 Å². The van der Waals surface area contributed by atoms with Crippen LogP contribution in [0, 0.1) is 18.3 Å². The van der Waals surface area contributed by atoms with Crippen molar-refractivity contribution in [2.24, 2.45) is 11.7 Å². The quantitative estimate of drug-likeness (QED) is 0.411. The summed E-state index contributed by atoms with van der Waals surface area (Å²) >= 11 is 0. The van der Waals surface area contributed by atoms with Crippen molar-refractivity contribution in [3.63, 3.8) is 0 Å². The maximum Gasteiger partial charge on any atom is 0.322 e. The van der Waals surface area contributed by atoms with Crippen LogP contribution < -0.4 is 5.73 Å². The molecule has 0 amide bonds. The lowest BCUT2D eigenvalue weighted by Crippen LogP contribution is -2.43. The maximum atomic E-state index is 11.6. The topological polar surface area (TPSA) is 89.6 Å². The first-order valence-electron chi connectivity index (χ1n) is 4.83. The summed E-state index contributed by atoms with van der Waals surface area (Å²) in [4.78, 5) is 22.5. The van der Waals surface area contributed by atoms with Gasteiger partial charge in [-0.2, -0.15) is 0 Å². The Balaban J connectivity index is 4.75. The third-order valence-corrected chi connectivity index (χ3v) is 1.71. The molecule has 0 saturated heterocycles. The molecule has 5 heteroatoms. The summed E-state index contributed by atoms with van der Waals surface area (Å²) in [5.41, 5.74) is 4.78. The molecule has 0 aromatic heterocycles. The smallest absolute Gasteiger partial charge is 0.322 e. The minimum absolute atomic E-state index is 0.0101. The number of carbonyl (C=O) groups is 2. The van der Waals surface area contributed by atoms with E-state index in [0.717, 1.165) is 0 Å². The van der Waals surface area contributed by atoms with Gasteiger partial charge in [-0.25, -0.2) is 0 Å². The Morgan fingerprint density at radius 1 is 1.50 bits per heavy atom. The number of hydrogen-bond acceptors (Lipinski definition) is 4. The Bertz CT molecular complexity index is 311. The summed E-state index contributed by atoms with van der Waals surface area (Å²) in [6.45, 7) is 4.95. The summed E-state index contributed by atoms with van der Waals surface area (Å²) in [5.74, 6) is -1.38. The average molecular weight is 227 g/mol.